The summed E-state index contributed by atoms with van der Waals surface area (Å²) in [6.45, 7) is 2.55. The van der Waals surface area contributed by atoms with E-state index >= 15 is 0 Å². The van der Waals surface area contributed by atoms with Crippen molar-refractivity contribution in [2.24, 2.45) is 7.05 Å². The predicted molar refractivity (Wildman–Crippen MR) is 89.3 cm³/mol. The molecule has 1 N–H and O–H groups in total. The molecule has 0 radical (unpaired) electrons. The molecule has 0 aliphatic carbocycles. The molecule has 3 heterocycles. The van der Waals surface area contributed by atoms with E-state index in [2.05, 4.69) is 20.6 Å². The number of carbonyl (C=O) groups is 2. The van der Waals surface area contributed by atoms with Crippen LogP contribution in [0.2, 0.25) is 0 Å². The van der Waals surface area contributed by atoms with Crippen molar-refractivity contribution >= 4 is 11.8 Å². The highest BCUT2D eigenvalue weighted by molar-refractivity contribution is 5.92. The molecule has 26 heavy (non-hydrogen) atoms. The Bertz CT molecular complexity index is 785. The zero-order chi connectivity index (χ0) is 18.7. The van der Waals surface area contributed by atoms with Gasteiger partial charge in [0.25, 0.3) is 5.91 Å². The van der Waals surface area contributed by atoms with Crippen LogP contribution in [0.1, 0.15) is 34.5 Å². The molecule has 1 aliphatic heterocycles. The molecule has 0 aromatic carbocycles. The molecule has 2 amide bonds. The molecule has 2 atom stereocenters. The molecule has 10 heteroatoms. The fraction of sp³-hybridized carbons (Fsp3) is 0.562. The summed E-state index contributed by atoms with van der Waals surface area (Å²) in [7, 11) is 3.18. The summed E-state index contributed by atoms with van der Waals surface area (Å²) < 4.78 is 11.7. The van der Waals surface area contributed by atoms with Crippen molar-refractivity contribution in [2.45, 2.75) is 25.3 Å². The maximum atomic E-state index is 12.8. The van der Waals surface area contributed by atoms with Crippen LogP contribution in [-0.2, 0) is 16.6 Å². The lowest BCUT2D eigenvalue weighted by Gasteiger charge is -2.37. The number of rotatable bonds is 5. The maximum absolute atomic E-state index is 12.8. The molecule has 0 saturated carbocycles. The van der Waals surface area contributed by atoms with Gasteiger partial charge in [-0.1, -0.05) is 5.16 Å². The highest BCUT2D eigenvalue weighted by Gasteiger charge is 2.37. The molecule has 1 saturated heterocycles. The largest absolute Gasteiger partial charge is 0.375 e. The molecule has 2 aromatic rings. The molecule has 3 rings (SSSR count). The van der Waals surface area contributed by atoms with Crippen LogP contribution in [0.25, 0.3) is 0 Å². The number of methoxy groups -OCH3 is 1. The second kappa shape index (κ2) is 7.65. The topological polar surface area (TPSA) is 115 Å². The number of hydrogen-bond donors (Lipinski definition) is 1. The van der Waals surface area contributed by atoms with E-state index in [1.54, 1.807) is 31.1 Å². The van der Waals surface area contributed by atoms with E-state index in [9.17, 15) is 9.59 Å². The normalized spacial score (nSPS) is 20.2. The minimum atomic E-state index is -0.344. The lowest BCUT2D eigenvalue weighted by molar-refractivity contribution is -0.126. The van der Waals surface area contributed by atoms with Gasteiger partial charge in [0.2, 0.25) is 11.8 Å². The van der Waals surface area contributed by atoms with Crippen molar-refractivity contribution < 1.29 is 18.8 Å². The van der Waals surface area contributed by atoms with Crippen LogP contribution in [0.4, 0.5) is 0 Å². The molecule has 2 aromatic heterocycles. The lowest BCUT2D eigenvalue weighted by atomic mass is 9.91. The van der Waals surface area contributed by atoms with Crippen LogP contribution < -0.4 is 5.32 Å². The highest BCUT2D eigenvalue weighted by Crippen LogP contribution is 2.28. The second-order valence-electron chi connectivity index (χ2n) is 6.27. The third-order valence-electron chi connectivity index (χ3n) is 4.42. The summed E-state index contributed by atoms with van der Waals surface area (Å²) >= 11 is 0. The van der Waals surface area contributed by atoms with Crippen molar-refractivity contribution in [1.29, 1.82) is 0 Å². The van der Waals surface area contributed by atoms with Gasteiger partial charge in [-0.25, -0.2) is 0 Å². The Morgan fingerprint density at radius 1 is 1.46 bits per heavy atom. The van der Waals surface area contributed by atoms with Gasteiger partial charge < -0.3 is 19.5 Å². The third-order valence-corrected chi connectivity index (χ3v) is 4.42. The molecule has 0 spiro atoms. The maximum Gasteiger partial charge on any atom is 0.272 e. The highest BCUT2D eigenvalue weighted by atomic mass is 16.5. The van der Waals surface area contributed by atoms with E-state index in [1.807, 2.05) is 0 Å². The van der Waals surface area contributed by atoms with Crippen LogP contribution in [0.15, 0.2) is 16.8 Å². The molecule has 140 valence electrons. The van der Waals surface area contributed by atoms with Gasteiger partial charge in [0.1, 0.15) is 12.3 Å². The smallest absolute Gasteiger partial charge is 0.272 e. The number of piperidine rings is 1. The van der Waals surface area contributed by atoms with E-state index in [0.717, 1.165) is 0 Å². The van der Waals surface area contributed by atoms with Gasteiger partial charge in [0, 0.05) is 33.4 Å². The van der Waals surface area contributed by atoms with E-state index < -0.39 is 0 Å². The van der Waals surface area contributed by atoms with E-state index in [1.165, 1.54) is 11.8 Å². The fourth-order valence-electron chi connectivity index (χ4n) is 3.17. The van der Waals surface area contributed by atoms with Gasteiger partial charge in [-0.3, -0.25) is 14.3 Å². The average Bonchev–Trinajstić information content (AvgIpc) is 3.22. The van der Waals surface area contributed by atoms with Crippen molar-refractivity contribution in [3.63, 3.8) is 0 Å². The van der Waals surface area contributed by atoms with Crippen molar-refractivity contribution in [1.82, 2.24) is 30.1 Å². The molecule has 1 aliphatic rings. The summed E-state index contributed by atoms with van der Waals surface area (Å²) in [6.07, 6.45) is 2.18. The Morgan fingerprint density at radius 2 is 2.27 bits per heavy atom. The molecular weight excluding hydrogens is 340 g/mol. The van der Waals surface area contributed by atoms with Crippen molar-refractivity contribution in [2.75, 3.05) is 26.8 Å². The quantitative estimate of drug-likeness (QED) is 0.788. The van der Waals surface area contributed by atoms with Crippen molar-refractivity contribution in [3.8, 4) is 0 Å². The number of hydrogen-bond acceptors (Lipinski definition) is 7. The van der Waals surface area contributed by atoms with Gasteiger partial charge in [-0.05, 0) is 19.4 Å². The van der Waals surface area contributed by atoms with Crippen LogP contribution in [0, 0.1) is 6.92 Å². The first-order valence-electron chi connectivity index (χ1n) is 8.35. The van der Waals surface area contributed by atoms with Crippen LogP contribution in [-0.4, -0.2) is 69.5 Å². The Labute approximate surface area is 150 Å². The summed E-state index contributed by atoms with van der Waals surface area (Å²) in [5.41, 5.74) is 0.499. The molecule has 0 bridgehead atoms. The van der Waals surface area contributed by atoms with E-state index in [4.69, 9.17) is 9.26 Å². The summed E-state index contributed by atoms with van der Waals surface area (Å²) in [6, 6.07) is 1.33. The first-order chi connectivity index (χ1) is 12.5. The monoisotopic (exact) mass is 362 g/mol. The SMILES string of the molecule is COCC(=O)N[C@@H]1CN(C(=O)c2ccnn2C)CC[C@@H]1c1nc(C)no1. The van der Waals surface area contributed by atoms with E-state index in [0.29, 0.717) is 36.9 Å². The number of nitrogens with one attached hydrogen (secondary N) is 1. The van der Waals surface area contributed by atoms with Gasteiger partial charge in [-0.2, -0.15) is 10.1 Å². The van der Waals surface area contributed by atoms with Gasteiger partial charge in [0.15, 0.2) is 5.82 Å². The zero-order valence-corrected chi connectivity index (χ0v) is 15.0. The number of likely N-dealkylation sites (tertiary alicyclic amines) is 1. The Hall–Kier alpha value is -2.75. The van der Waals surface area contributed by atoms with Crippen LogP contribution >= 0.6 is 0 Å². The number of carbonyl (C=O) groups excluding carboxylic acids is 2. The zero-order valence-electron chi connectivity index (χ0n) is 15.0. The summed E-state index contributed by atoms with van der Waals surface area (Å²) in [5, 5.41) is 10.8. The van der Waals surface area contributed by atoms with Crippen LogP contribution in [0.5, 0.6) is 0 Å². The van der Waals surface area contributed by atoms with Crippen molar-refractivity contribution in [3.05, 3.63) is 29.7 Å². The Kier molecular flexibility index (Phi) is 5.31. The first kappa shape index (κ1) is 18.1. The average molecular weight is 362 g/mol. The number of amides is 2. The standard InChI is InChI=1S/C16H22N6O4/c1-10-18-15(26-20-10)11-5-7-22(8-12(11)19-14(23)9-25-3)16(24)13-4-6-17-21(13)2/h4,6,11-12H,5,7-9H2,1-3H3,(H,19,23)/t11-,12+/m0/s1. The molecule has 1 fully saturated rings. The van der Waals surface area contributed by atoms with Gasteiger partial charge in [0.05, 0.1) is 12.0 Å². The fourth-order valence-corrected chi connectivity index (χ4v) is 3.17. The van der Waals surface area contributed by atoms with E-state index in [-0.39, 0.29) is 30.4 Å². The Balaban J connectivity index is 1.78. The summed E-state index contributed by atoms with van der Waals surface area (Å²) in [5.74, 6) is 0.463. The number of aromatic nitrogens is 4. The Morgan fingerprint density at radius 3 is 2.88 bits per heavy atom. The predicted octanol–water partition coefficient (Wildman–Crippen LogP) is -0.128. The number of ether oxygens (including phenoxy) is 1. The number of aryl methyl sites for hydroxylation is 2. The lowest BCUT2D eigenvalue weighted by Crippen LogP contribution is -2.54. The summed E-state index contributed by atoms with van der Waals surface area (Å²) in [4.78, 5) is 30.8. The molecule has 0 unspecified atom stereocenters. The number of nitrogens with zero attached hydrogens (tertiary/aromatic N) is 5. The molecular formula is C16H22N6O4. The first-order valence-corrected chi connectivity index (χ1v) is 8.35. The second-order valence-corrected chi connectivity index (χ2v) is 6.27. The minimum Gasteiger partial charge on any atom is -0.375 e. The van der Waals surface area contributed by atoms with Gasteiger partial charge >= 0.3 is 0 Å². The van der Waals surface area contributed by atoms with Gasteiger partial charge in [-0.15, -0.1) is 0 Å². The third kappa shape index (κ3) is 3.74. The minimum absolute atomic E-state index is 0.0538. The van der Waals surface area contributed by atoms with Crippen LogP contribution in [0.3, 0.4) is 0 Å². The molecule has 10 nitrogen and oxygen atoms in total.